The Morgan fingerprint density at radius 1 is 1.24 bits per heavy atom. The third kappa shape index (κ3) is 2.83. The zero-order valence-corrected chi connectivity index (χ0v) is 11.6. The second-order valence-corrected chi connectivity index (χ2v) is 5.00. The van der Waals surface area contributed by atoms with Gasteiger partial charge < -0.3 is 14.4 Å². The highest BCUT2D eigenvalue weighted by atomic mass is 16.4. The maximum atomic E-state index is 11.1. The standard InChI is InChI=1S/C16H16N2O3/c1-18(12-5-3-2-4-6-12)10-14(19)11-7-8-13-15(9-11)21-16(20)17-13/h2-9,14,19H,10H2,1H3,(H,17,20). The summed E-state index contributed by atoms with van der Waals surface area (Å²) in [5.41, 5.74) is 2.84. The van der Waals surface area contributed by atoms with Crippen molar-refractivity contribution >= 4 is 16.8 Å². The third-order valence-electron chi connectivity index (χ3n) is 3.47. The SMILES string of the molecule is CN(CC(O)c1ccc2[nH]c(=O)oc2c1)c1ccccc1. The molecule has 0 aliphatic carbocycles. The molecular formula is C16H16N2O3. The van der Waals surface area contributed by atoms with Gasteiger partial charge in [0.1, 0.15) is 0 Å². The molecule has 2 N–H and O–H groups in total. The Morgan fingerprint density at radius 2 is 2.00 bits per heavy atom. The van der Waals surface area contributed by atoms with Gasteiger partial charge in [0.05, 0.1) is 11.6 Å². The van der Waals surface area contributed by atoms with Crippen LogP contribution in [0.4, 0.5) is 5.69 Å². The Hall–Kier alpha value is -2.53. The van der Waals surface area contributed by atoms with Crippen molar-refractivity contribution in [2.45, 2.75) is 6.10 Å². The minimum Gasteiger partial charge on any atom is -0.408 e. The smallest absolute Gasteiger partial charge is 0.408 e. The predicted molar refractivity (Wildman–Crippen MR) is 81.5 cm³/mol. The molecule has 3 aromatic rings. The van der Waals surface area contributed by atoms with E-state index in [-0.39, 0.29) is 0 Å². The number of likely N-dealkylation sites (N-methyl/N-ethyl adjacent to an activating group) is 1. The summed E-state index contributed by atoms with van der Waals surface area (Å²) < 4.78 is 5.01. The topological polar surface area (TPSA) is 69.5 Å². The average molecular weight is 284 g/mol. The Bertz CT molecular complexity index is 792. The third-order valence-corrected chi connectivity index (χ3v) is 3.47. The van der Waals surface area contributed by atoms with Gasteiger partial charge in [0.15, 0.2) is 5.58 Å². The summed E-state index contributed by atoms with van der Waals surface area (Å²) in [6, 6.07) is 15.1. The number of nitrogens with one attached hydrogen (secondary N) is 1. The first kappa shape index (κ1) is 13.5. The van der Waals surface area contributed by atoms with E-state index in [2.05, 4.69) is 4.98 Å². The number of rotatable bonds is 4. The molecule has 0 spiro atoms. The van der Waals surface area contributed by atoms with Crippen LogP contribution in [-0.2, 0) is 0 Å². The summed E-state index contributed by atoms with van der Waals surface area (Å²) >= 11 is 0. The van der Waals surface area contributed by atoms with Gasteiger partial charge >= 0.3 is 5.76 Å². The summed E-state index contributed by atoms with van der Waals surface area (Å²) in [5, 5.41) is 10.3. The Morgan fingerprint density at radius 3 is 2.76 bits per heavy atom. The number of aliphatic hydroxyl groups is 1. The molecule has 1 unspecified atom stereocenters. The van der Waals surface area contributed by atoms with E-state index >= 15 is 0 Å². The molecular weight excluding hydrogens is 268 g/mol. The number of hydrogen-bond acceptors (Lipinski definition) is 4. The van der Waals surface area contributed by atoms with Crippen LogP contribution in [0.2, 0.25) is 0 Å². The summed E-state index contributed by atoms with van der Waals surface area (Å²) in [6.07, 6.45) is -0.667. The zero-order chi connectivity index (χ0) is 14.8. The van der Waals surface area contributed by atoms with Gasteiger partial charge in [-0.15, -0.1) is 0 Å². The average Bonchev–Trinajstić information content (AvgIpc) is 2.87. The number of aromatic nitrogens is 1. The van der Waals surface area contributed by atoms with Crippen molar-refractivity contribution in [1.29, 1.82) is 0 Å². The van der Waals surface area contributed by atoms with Crippen LogP contribution in [0.1, 0.15) is 11.7 Å². The van der Waals surface area contributed by atoms with Crippen LogP contribution in [0.25, 0.3) is 11.1 Å². The molecule has 0 aliphatic heterocycles. The molecule has 1 aromatic heterocycles. The van der Waals surface area contributed by atoms with Crippen molar-refractivity contribution in [3.63, 3.8) is 0 Å². The van der Waals surface area contributed by atoms with E-state index in [1.807, 2.05) is 42.3 Å². The molecule has 1 atom stereocenters. The van der Waals surface area contributed by atoms with E-state index < -0.39 is 11.9 Å². The number of hydrogen-bond donors (Lipinski definition) is 2. The lowest BCUT2D eigenvalue weighted by Crippen LogP contribution is -2.24. The van der Waals surface area contributed by atoms with Crippen LogP contribution in [0, 0.1) is 0 Å². The van der Waals surface area contributed by atoms with Crippen molar-refractivity contribution < 1.29 is 9.52 Å². The highest BCUT2D eigenvalue weighted by molar-refractivity contribution is 5.72. The zero-order valence-electron chi connectivity index (χ0n) is 11.6. The summed E-state index contributed by atoms with van der Waals surface area (Å²) in [4.78, 5) is 15.7. The molecule has 0 saturated carbocycles. The first-order valence-electron chi connectivity index (χ1n) is 6.70. The molecule has 0 bridgehead atoms. The summed E-state index contributed by atoms with van der Waals surface area (Å²) in [6.45, 7) is 0.449. The van der Waals surface area contributed by atoms with Crippen LogP contribution >= 0.6 is 0 Å². The van der Waals surface area contributed by atoms with Crippen molar-refractivity contribution in [3.05, 3.63) is 64.6 Å². The van der Waals surface area contributed by atoms with Gasteiger partial charge in [-0.3, -0.25) is 4.98 Å². The maximum absolute atomic E-state index is 11.1. The number of fused-ring (bicyclic) bond motifs is 1. The quantitative estimate of drug-likeness (QED) is 0.771. The van der Waals surface area contributed by atoms with Crippen molar-refractivity contribution in [2.75, 3.05) is 18.5 Å². The van der Waals surface area contributed by atoms with Crippen LogP contribution in [0.5, 0.6) is 0 Å². The largest absolute Gasteiger partial charge is 0.417 e. The first-order valence-corrected chi connectivity index (χ1v) is 6.70. The van der Waals surface area contributed by atoms with E-state index in [1.54, 1.807) is 18.2 Å². The van der Waals surface area contributed by atoms with E-state index in [4.69, 9.17) is 4.42 Å². The minimum atomic E-state index is -0.667. The Kier molecular flexibility index (Phi) is 3.50. The summed E-state index contributed by atoms with van der Waals surface area (Å²) in [5.74, 6) is -0.488. The molecule has 0 fully saturated rings. The molecule has 3 rings (SSSR count). The molecule has 1 heterocycles. The fourth-order valence-corrected chi connectivity index (χ4v) is 2.32. The number of anilines is 1. The normalized spacial score (nSPS) is 12.5. The molecule has 0 aliphatic rings. The number of benzene rings is 2. The summed E-state index contributed by atoms with van der Waals surface area (Å²) in [7, 11) is 1.92. The Labute approximate surface area is 121 Å². The second-order valence-electron chi connectivity index (χ2n) is 5.00. The van der Waals surface area contributed by atoms with Gasteiger partial charge in [0.2, 0.25) is 0 Å². The molecule has 5 nitrogen and oxygen atoms in total. The van der Waals surface area contributed by atoms with E-state index in [0.717, 1.165) is 5.69 Å². The highest BCUT2D eigenvalue weighted by Gasteiger charge is 2.13. The number of nitrogens with zero attached hydrogens (tertiary/aromatic N) is 1. The fourth-order valence-electron chi connectivity index (χ4n) is 2.32. The van der Waals surface area contributed by atoms with Crippen LogP contribution < -0.4 is 10.7 Å². The molecule has 108 valence electrons. The minimum absolute atomic E-state index is 0.449. The Balaban J connectivity index is 1.80. The van der Waals surface area contributed by atoms with E-state index in [9.17, 15) is 9.90 Å². The molecule has 2 aromatic carbocycles. The first-order chi connectivity index (χ1) is 10.1. The fraction of sp³-hybridized carbons (Fsp3) is 0.188. The lowest BCUT2D eigenvalue weighted by Gasteiger charge is -2.22. The lowest BCUT2D eigenvalue weighted by atomic mass is 10.1. The number of para-hydroxylation sites is 1. The van der Waals surface area contributed by atoms with Crippen molar-refractivity contribution in [3.8, 4) is 0 Å². The van der Waals surface area contributed by atoms with Gasteiger partial charge in [0, 0.05) is 19.3 Å². The molecule has 21 heavy (non-hydrogen) atoms. The predicted octanol–water partition coefficient (Wildman–Crippen LogP) is 2.29. The van der Waals surface area contributed by atoms with E-state index in [0.29, 0.717) is 23.2 Å². The van der Waals surface area contributed by atoms with E-state index in [1.165, 1.54) is 0 Å². The van der Waals surface area contributed by atoms with Crippen LogP contribution in [-0.4, -0.2) is 23.7 Å². The van der Waals surface area contributed by atoms with Crippen molar-refractivity contribution in [1.82, 2.24) is 4.98 Å². The molecule has 0 radical (unpaired) electrons. The second kappa shape index (κ2) is 5.46. The monoisotopic (exact) mass is 284 g/mol. The maximum Gasteiger partial charge on any atom is 0.417 e. The number of aromatic amines is 1. The van der Waals surface area contributed by atoms with Crippen LogP contribution in [0.15, 0.2) is 57.7 Å². The van der Waals surface area contributed by atoms with Crippen LogP contribution in [0.3, 0.4) is 0 Å². The number of oxazole rings is 1. The number of H-pyrrole nitrogens is 1. The van der Waals surface area contributed by atoms with Gasteiger partial charge in [0.25, 0.3) is 0 Å². The highest BCUT2D eigenvalue weighted by Crippen LogP contribution is 2.21. The lowest BCUT2D eigenvalue weighted by molar-refractivity contribution is 0.185. The number of aliphatic hydroxyl groups excluding tert-OH is 1. The van der Waals surface area contributed by atoms with Gasteiger partial charge in [-0.25, -0.2) is 4.79 Å². The molecule has 0 saturated heterocycles. The van der Waals surface area contributed by atoms with Gasteiger partial charge in [-0.05, 0) is 29.8 Å². The molecule has 5 heteroatoms. The van der Waals surface area contributed by atoms with Crippen molar-refractivity contribution in [2.24, 2.45) is 0 Å². The molecule has 0 amide bonds. The van der Waals surface area contributed by atoms with Gasteiger partial charge in [-0.1, -0.05) is 24.3 Å². The van der Waals surface area contributed by atoms with Gasteiger partial charge in [-0.2, -0.15) is 0 Å².